The summed E-state index contributed by atoms with van der Waals surface area (Å²) in [6.45, 7) is 4.48. The van der Waals surface area contributed by atoms with Crippen LogP contribution < -0.4 is 4.74 Å². The summed E-state index contributed by atoms with van der Waals surface area (Å²) in [6.07, 6.45) is 4.05. The fraction of sp³-hybridized carbons (Fsp3) is 0.611. The van der Waals surface area contributed by atoms with E-state index in [1.54, 1.807) is 4.90 Å². The number of likely N-dealkylation sites (tertiary alicyclic amines) is 1. The Balaban J connectivity index is 1.36. The molecule has 2 aliphatic rings. The van der Waals surface area contributed by atoms with Crippen molar-refractivity contribution in [2.45, 2.75) is 31.3 Å². The van der Waals surface area contributed by atoms with Crippen LogP contribution in [0.5, 0.6) is 5.75 Å². The number of para-hydroxylation sites is 1. The lowest BCUT2D eigenvalue weighted by Crippen LogP contribution is -2.50. The predicted molar refractivity (Wildman–Crippen MR) is 88.7 cm³/mol. The largest absolute Gasteiger partial charge is 0.494 e. The molecular formula is C18H26N2O3. The number of carbonyl (C=O) groups is 1. The molecule has 1 atom stereocenters. The van der Waals surface area contributed by atoms with E-state index >= 15 is 0 Å². The number of hydrogen-bond donors (Lipinski definition) is 0. The molecule has 5 heteroatoms. The maximum atomic E-state index is 11.7. The monoisotopic (exact) mass is 318 g/mol. The first-order chi connectivity index (χ1) is 11.2. The minimum Gasteiger partial charge on any atom is -0.494 e. The molecule has 1 aromatic rings. The number of ether oxygens (including phenoxy) is 2. The third kappa shape index (κ3) is 4.16. The number of piperidine rings is 1. The van der Waals surface area contributed by atoms with Crippen molar-refractivity contribution in [3.63, 3.8) is 0 Å². The first-order valence-corrected chi connectivity index (χ1v) is 8.51. The van der Waals surface area contributed by atoms with E-state index in [4.69, 9.17) is 9.47 Å². The van der Waals surface area contributed by atoms with Gasteiger partial charge in [0.05, 0.1) is 13.2 Å². The summed E-state index contributed by atoms with van der Waals surface area (Å²) >= 11 is 0. The SMILES string of the molecule is CN1CC2(CCCN(CCCCOc3ccccc3)C2)OC1=O. The molecule has 0 aromatic heterocycles. The smallest absolute Gasteiger partial charge is 0.410 e. The van der Waals surface area contributed by atoms with E-state index in [9.17, 15) is 4.79 Å². The summed E-state index contributed by atoms with van der Waals surface area (Å²) in [5, 5.41) is 0. The van der Waals surface area contributed by atoms with Gasteiger partial charge < -0.3 is 14.4 Å². The molecule has 2 saturated heterocycles. The van der Waals surface area contributed by atoms with Crippen molar-refractivity contribution in [1.29, 1.82) is 0 Å². The molecule has 2 aliphatic heterocycles. The van der Waals surface area contributed by atoms with Crippen LogP contribution in [-0.2, 0) is 4.74 Å². The lowest BCUT2D eigenvalue weighted by Gasteiger charge is -2.38. The molecule has 1 unspecified atom stereocenters. The van der Waals surface area contributed by atoms with Gasteiger partial charge in [-0.05, 0) is 50.9 Å². The van der Waals surface area contributed by atoms with E-state index in [1.165, 1.54) is 0 Å². The Morgan fingerprint density at radius 2 is 2.04 bits per heavy atom. The van der Waals surface area contributed by atoms with Gasteiger partial charge in [0.2, 0.25) is 0 Å². The van der Waals surface area contributed by atoms with Gasteiger partial charge in [0.1, 0.15) is 11.4 Å². The van der Waals surface area contributed by atoms with Crippen molar-refractivity contribution >= 4 is 6.09 Å². The second-order valence-corrected chi connectivity index (χ2v) is 6.66. The highest BCUT2D eigenvalue weighted by Gasteiger charge is 2.46. The zero-order valence-electron chi connectivity index (χ0n) is 13.9. The van der Waals surface area contributed by atoms with Crippen LogP contribution in [0.1, 0.15) is 25.7 Å². The van der Waals surface area contributed by atoms with Crippen LogP contribution in [0.25, 0.3) is 0 Å². The number of rotatable bonds is 6. The number of unbranched alkanes of at least 4 members (excludes halogenated alkanes) is 1. The third-order valence-corrected chi connectivity index (χ3v) is 4.64. The van der Waals surface area contributed by atoms with Gasteiger partial charge in [-0.1, -0.05) is 18.2 Å². The van der Waals surface area contributed by atoms with Crippen LogP contribution in [0, 0.1) is 0 Å². The van der Waals surface area contributed by atoms with Gasteiger partial charge in [-0.15, -0.1) is 0 Å². The van der Waals surface area contributed by atoms with Gasteiger partial charge >= 0.3 is 6.09 Å². The van der Waals surface area contributed by atoms with E-state index in [-0.39, 0.29) is 11.7 Å². The summed E-state index contributed by atoms with van der Waals surface area (Å²) in [6, 6.07) is 9.94. The van der Waals surface area contributed by atoms with Gasteiger partial charge in [0.15, 0.2) is 0 Å². The van der Waals surface area contributed by atoms with E-state index in [0.29, 0.717) is 0 Å². The van der Waals surface area contributed by atoms with Crippen molar-refractivity contribution in [2.75, 3.05) is 39.8 Å². The Labute approximate surface area is 138 Å². The molecule has 0 N–H and O–H groups in total. The molecule has 23 heavy (non-hydrogen) atoms. The number of amides is 1. The normalized spacial score (nSPS) is 24.9. The predicted octanol–water partition coefficient (Wildman–Crippen LogP) is 2.76. The molecule has 3 rings (SSSR count). The number of carbonyl (C=O) groups excluding carboxylic acids is 1. The van der Waals surface area contributed by atoms with Crippen LogP contribution in [0.2, 0.25) is 0 Å². The second-order valence-electron chi connectivity index (χ2n) is 6.66. The topological polar surface area (TPSA) is 42.0 Å². The number of likely N-dealkylation sites (N-methyl/N-ethyl adjacent to an activating group) is 1. The summed E-state index contributed by atoms with van der Waals surface area (Å²) < 4.78 is 11.4. The van der Waals surface area contributed by atoms with E-state index in [1.807, 2.05) is 37.4 Å². The molecule has 0 radical (unpaired) electrons. The Bertz CT molecular complexity index is 522. The Kier molecular flexibility index (Phi) is 5.06. The average molecular weight is 318 g/mol. The Morgan fingerprint density at radius 1 is 1.22 bits per heavy atom. The first-order valence-electron chi connectivity index (χ1n) is 8.51. The number of benzene rings is 1. The molecule has 1 spiro atoms. The lowest BCUT2D eigenvalue weighted by atomic mass is 9.92. The van der Waals surface area contributed by atoms with Crippen LogP contribution in [-0.4, -0.2) is 61.3 Å². The van der Waals surface area contributed by atoms with Gasteiger partial charge in [-0.3, -0.25) is 4.90 Å². The fourth-order valence-electron chi connectivity index (χ4n) is 3.53. The van der Waals surface area contributed by atoms with Crippen molar-refractivity contribution in [3.05, 3.63) is 30.3 Å². The van der Waals surface area contributed by atoms with Gasteiger partial charge in [-0.25, -0.2) is 4.79 Å². The van der Waals surface area contributed by atoms with E-state index in [2.05, 4.69) is 4.90 Å². The summed E-state index contributed by atoms with van der Waals surface area (Å²) in [4.78, 5) is 15.8. The molecule has 0 bridgehead atoms. The minimum atomic E-state index is -0.273. The fourth-order valence-corrected chi connectivity index (χ4v) is 3.53. The molecular weight excluding hydrogens is 292 g/mol. The van der Waals surface area contributed by atoms with Crippen LogP contribution in [0.3, 0.4) is 0 Å². The molecule has 0 saturated carbocycles. The zero-order valence-corrected chi connectivity index (χ0v) is 13.9. The quantitative estimate of drug-likeness (QED) is 0.756. The maximum absolute atomic E-state index is 11.7. The average Bonchev–Trinajstić information content (AvgIpc) is 2.81. The van der Waals surface area contributed by atoms with Crippen molar-refractivity contribution in [1.82, 2.24) is 9.80 Å². The van der Waals surface area contributed by atoms with Gasteiger partial charge in [-0.2, -0.15) is 0 Å². The maximum Gasteiger partial charge on any atom is 0.410 e. The highest BCUT2D eigenvalue weighted by molar-refractivity contribution is 5.70. The van der Waals surface area contributed by atoms with E-state index in [0.717, 1.165) is 64.2 Å². The number of nitrogens with zero attached hydrogens (tertiary/aromatic N) is 2. The van der Waals surface area contributed by atoms with Crippen molar-refractivity contribution in [3.8, 4) is 5.75 Å². The van der Waals surface area contributed by atoms with Crippen LogP contribution in [0.4, 0.5) is 4.79 Å². The number of hydrogen-bond acceptors (Lipinski definition) is 4. The van der Waals surface area contributed by atoms with Crippen LogP contribution >= 0.6 is 0 Å². The summed E-state index contributed by atoms with van der Waals surface area (Å²) in [5.74, 6) is 0.935. The summed E-state index contributed by atoms with van der Waals surface area (Å²) in [7, 11) is 1.82. The Hall–Kier alpha value is -1.75. The first kappa shape index (κ1) is 16.1. The minimum absolute atomic E-state index is 0.178. The summed E-state index contributed by atoms with van der Waals surface area (Å²) in [5.41, 5.74) is -0.273. The standard InChI is InChI=1S/C18H26N2O3/c1-19-14-18(23-17(19)21)10-7-12-20(15-18)11-5-6-13-22-16-8-3-2-4-9-16/h2-4,8-9H,5-7,10-15H2,1H3. The lowest BCUT2D eigenvalue weighted by molar-refractivity contribution is -0.00926. The van der Waals surface area contributed by atoms with Crippen molar-refractivity contribution in [2.24, 2.45) is 0 Å². The Morgan fingerprint density at radius 3 is 2.78 bits per heavy atom. The van der Waals surface area contributed by atoms with Gasteiger partial charge in [0, 0.05) is 13.6 Å². The molecule has 126 valence electrons. The van der Waals surface area contributed by atoms with Crippen molar-refractivity contribution < 1.29 is 14.3 Å². The molecule has 2 heterocycles. The molecule has 2 fully saturated rings. The molecule has 0 aliphatic carbocycles. The second kappa shape index (κ2) is 7.21. The molecule has 1 aromatic carbocycles. The highest BCUT2D eigenvalue weighted by atomic mass is 16.6. The highest BCUT2D eigenvalue weighted by Crippen LogP contribution is 2.31. The molecule has 1 amide bonds. The third-order valence-electron chi connectivity index (χ3n) is 4.64. The van der Waals surface area contributed by atoms with E-state index < -0.39 is 0 Å². The van der Waals surface area contributed by atoms with Crippen LogP contribution in [0.15, 0.2) is 30.3 Å². The molecule has 5 nitrogen and oxygen atoms in total. The zero-order chi connectivity index (χ0) is 16.1. The van der Waals surface area contributed by atoms with Gasteiger partial charge in [0.25, 0.3) is 0 Å².